The second kappa shape index (κ2) is 7.91. The van der Waals surface area contributed by atoms with E-state index in [1.807, 2.05) is 19.1 Å². The van der Waals surface area contributed by atoms with Crippen LogP contribution >= 0.6 is 0 Å². The minimum Gasteiger partial charge on any atom is -0.493 e. The molecule has 0 amide bonds. The molecule has 3 nitrogen and oxygen atoms in total. The van der Waals surface area contributed by atoms with Crippen molar-refractivity contribution < 1.29 is 4.74 Å². The minimum atomic E-state index is -0.443. The standard InChI is InChI=1S/C17H26N2O/c1-5-11-19-17(4,13-18)10-7-12-20-16-9-6-8-14(2)15(16)3/h6,8-9,19H,5,7,10-12H2,1-4H3. The van der Waals surface area contributed by atoms with Crippen molar-refractivity contribution in [1.82, 2.24) is 5.32 Å². The Morgan fingerprint density at radius 3 is 2.75 bits per heavy atom. The van der Waals surface area contributed by atoms with E-state index in [2.05, 4.69) is 38.2 Å². The van der Waals surface area contributed by atoms with Crippen molar-refractivity contribution in [3.63, 3.8) is 0 Å². The molecule has 0 aliphatic carbocycles. The Morgan fingerprint density at radius 2 is 2.10 bits per heavy atom. The molecular formula is C17H26N2O. The van der Waals surface area contributed by atoms with Crippen LogP contribution in [0.15, 0.2) is 18.2 Å². The average molecular weight is 274 g/mol. The number of nitriles is 1. The molecule has 1 N–H and O–H groups in total. The van der Waals surface area contributed by atoms with Crippen LogP contribution in [0.3, 0.4) is 0 Å². The van der Waals surface area contributed by atoms with Gasteiger partial charge in [0.1, 0.15) is 11.3 Å². The largest absolute Gasteiger partial charge is 0.493 e. The lowest BCUT2D eigenvalue weighted by atomic mass is 9.98. The summed E-state index contributed by atoms with van der Waals surface area (Å²) in [5, 5.41) is 12.6. The fraction of sp³-hybridized carbons (Fsp3) is 0.588. The van der Waals surface area contributed by atoms with E-state index in [0.29, 0.717) is 6.61 Å². The summed E-state index contributed by atoms with van der Waals surface area (Å²) in [5.74, 6) is 0.949. The summed E-state index contributed by atoms with van der Waals surface area (Å²) in [7, 11) is 0. The van der Waals surface area contributed by atoms with Gasteiger partial charge in [0.05, 0.1) is 12.7 Å². The molecule has 0 spiro atoms. The quantitative estimate of drug-likeness (QED) is 0.734. The van der Waals surface area contributed by atoms with E-state index in [1.54, 1.807) is 0 Å². The van der Waals surface area contributed by atoms with E-state index in [0.717, 1.165) is 31.6 Å². The lowest BCUT2D eigenvalue weighted by Gasteiger charge is -2.23. The van der Waals surface area contributed by atoms with Crippen molar-refractivity contribution in [2.45, 2.75) is 52.5 Å². The number of aryl methyl sites for hydroxylation is 1. The first-order valence-corrected chi connectivity index (χ1v) is 7.37. The third-order valence-electron chi connectivity index (χ3n) is 3.65. The number of hydrogen-bond acceptors (Lipinski definition) is 3. The summed E-state index contributed by atoms with van der Waals surface area (Å²) in [6, 6.07) is 8.47. The highest BCUT2D eigenvalue weighted by molar-refractivity contribution is 5.38. The number of nitrogens with one attached hydrogen (secondary N) is 1. The predicted octanol–water partition coefficient (Wildman–Crippen LogP) is 3.74. The summed E-state index contributed by atoms with van der Waals surface area (Å²) >= 11 is 0. The molecule has 0 heterocycles. The van der Waals surface area contributed by atoms with Crippen molar-refractivity contribution in [3.8, 4) is 11.8 Å². The Labute approximate surface area is 123 Å². The molecule has 1 atom stereocenters. The van der Waals surface area contributed by atoms with Crippen molar-refractivity contribution in [1.29, 1.82) is 5.26 Å². The summed E-state index contributed by atoms with van der Waals surface area (Å²) in [5.41, 5.74) is 2.00. The highest BCUT2D eigenvalue weighted by Crippen LogP contribution is 2.21. The molecule has 0 saturated carbocycles. The van der Waals surface area contributed by atoms with Crippen LogP contribution < -0.4 is 10.1 Å². The highest BCUT2D eigenvalue weighted by Gasteiger charge is 2.21. The molecule has 0 aromatic heterocycles. The fourth-order valence-electron chi connectivity index (χ4n) is 2.07. The molecule has 0 fully saturated rings. The van der Waals surface area contributed by atoms with Gasteiger partial charge in [-0.2, -0.15) is 5.26 Å². The Kier molecular flexibility index (Phi) is 6.54. The SMILES string of the molecule is CCCNC(C)(C#N)CCCOc1cccc(C)c1C. The van der Waals surface area contributed by atoms with Gasteiger partial charge in [0.15, 0.2) is 0 Å². The van der Waals surface area contributed by atoms with Crippen molar-refractivity contribution in [3.05, 3.63) is 29.3 Å². The maximum atomic E-state index is 9.26. The number of hydrogen-bond donors (Lipinski definition) is 1. The Morgan fingerprint density at radius 1 is 1.35 bits per heavy atom. The highest BCUT2D eigenvalue weighted by atomic mass is 16.5. The maximum Gasteiger partial charge on any atom is 0.122 e. The van der Waals surface area contributed by atoms with Crippen LogP contribution in [0.4, 0.5) is 0 Å². The first-order chi connectivity index (χ1) is 9.52. The normalized spacial score (nSPS) is 13.6. The molecule has 0 bridgehead atoms. The number of benzene rings is 1. The molecule has 1 aromatic carbocycles. The second-order valence-corrected chi connectivity index (χ2v) is 5.52. The molecule has 1 rings (SSSR count). The summed E-state index contributed by atoms with van der Waals surface area (Å²) in [6.07, 6.45) is 2.71. The number of nitrogens with zero attached hydrogens (tertiary/aromatic N) is 1. The van der Waals surface area contributed by atoms with Gasteiger partial charge < -0.3 is 4.74 Å². The fourth-order valence-corrected chi connectivity index (χ4v) is 2.07. The average Bonchev–Trinajstić information content (AvgIpc) is 2.45. The van der Waals surface area contributed by atoms with Crippen LogP contribution in [-0.2, 0) is 0 Å². The first-order valence-electron chi connectivity index (χ1n) is 7.37. The molecule has 0 aliphatic heterocycles. The van der Waals surface area contributed by atoms with E-state index in [-0.39, 0.29) is 0 Å². The monoisotopic (exact) mass is 274 g/mol. The van der Waals surface area contributed by atoms with Crippen LogP contribution in [-0.4, -0.2) is 18.7 Å². The molecule has 1 unspecified atom stereocenters. The zero-order valence-corrected chi connectivity index (χ0v) is 13.1. The van der Waals surface area contributed by atoms with Crippen LogP contribution in [0.25, 0.3) is 0 Å². The van der Waals surface area contributed by atoms with Gasteiger partial charge in [-0.3, -0.25) is 5.32 Å². The zero-order valence-electron chi connectivity index (χ0n) is 13.1. The summed E-state index contributed by atoms with van der Waals surface area (Å²) in [4.78, 5) is 0. The lowest BCUT2D eigenvalue weighted by Crippen LogP contribution is -2.41. The molecule has 3 heteroatoms. The van der Waals surface area contributed by atoms with E-state index in [1.165, 1.54) is 11.1 Å². The van der Waals surface area contributed by atoms with Gasteiger partial charge in [-0.25, -0.2) is 0 Å². The van der Waals surface area contributed by atoms with Crippen LogP contribution in [0.5, 0.6) is 5.75 Å². The minimum absolute atomic E-state index is 0.443. The van der Waals surface area contributed by atoms with Gasteiger partial charge in [-0.05, 0) is 63.8 Å². The smallest absolute Gasteiger partial charge is 0.122 e. The summed E-state index contributed by atoms with van der Waals surface area (Å²) < 4.78 is 5.82. The third-order valence-corrected chi connectivity index (χ3v) is 3.65. The van der Waals surface area contributed by atoms with E-state index < -0.39 is 5.54 Å². The molecule has 110 valence electrons. The number of ether oxygens (including phenoxy) is 1. The topological polar surface area (TPSA) is 45.0 Å². The predicted molar refractivity (Wildman–Crippen MR) is 83.0 cm³/mol. The van der Waals surface area contributed by atoms with E-state index in [9.17, 15) is 5.26 Å². The van der Waals surface area contributed by atoms with Crippen LogP contribution in [0.1, 0.15) is 44.2 Å². The van der Waals surface area contributed by atoms with Crippen molar-refractivity contribution >= 4 is 0 Å². The van der Waals surface area contributed by atoms with Crippen molar-refractivity contribution in [2.24, 2.45) is 0 Å². The maximum absolute atomic E-state index is 9.26. The van der Waals surface area contributed by atoms with Gasteiger partial charge >= 0.3 is 0 Å². The van der Waals surface area contributed by atoms with E-state index in [4.69, 9.17) is 4.74 Å². The lowest BCUT2D eigenvalue weighted by molar-refractivity contribution is 0.283. The summed E-state index contributed by atoms with van der Waals surface area (Å²) in [6.45, 7) is 9.75. The Bertz CT molecular complexity index is 465. The zero-order chi connectivity index (χ0) is 15.0. The Balaban J connectivity index is 2.41. The van der Waals surface area contributed by atoms with Gasteiger partial charge in [0, 0.05) is 0 Å². The Hall–Kier alpha value is -1.53. The molecule has 20 heavy (non-hydrogen) atoms. The molecular weight excluding hydrogens is 248 g/mol. The van der Waals surface area contributed by atoms with Gasteiger partial charge in [0.2, 0.25) is 0 Å². The van der Waals surface area contributed by atoms with Crippen LogP contribution in [0, 0.1) is 25.2 Å². The molecule has 0 radical (unpaired) electrons. The van der Waals surface area contributed by atoms with Gasteiger partial charge in [0.25, 0.3) is 0 Å². The van der Waals surface area contributed by atoms with Gasteiger partial charge in [-0.1, -0.05) is 19.1 Å². The van der Waals surface area contributed by atoms with Crippen LogP contribution in [0.2, 0.25) is 0 Å². The molecule has 0 aliphatic rings. The first kappa shape index (κ1) is 16.5. The number of rotatable bonds is 8. The van der Waals surface area contributed by atoms with E-state index >= 15 is 0 Å². The molecule has 1 aromatic rings. The molecule has 0 saturated heterocycles. The second-order valence-electron chi connectivity index (χ2n) is 5.52. The third kappa shape index (κ3) is 4.86. The van der Waals surface area contributed by atoms with Crippen molar-refractivity contribution in [2.75, 3.05) is 13.2 Å². The van der Waals surface area contributed by atoms with Gasteiger partial charge in [-0.15, -0.1) is 0 Å².